The van der Waals surface area contributed by atoms with Gasteiger partial charge in [-0.3, -0.25) is 0 Å². The summed E-state index contributed by atoms with van der Waals surface area (Å²) in [4.78, 5) is 0. The van der Waals surface area contributed by atoms with Gasteiger partial charge in [0.2, 0.25) is 0 Å². The molecule has 0 nitrogen and oxygen atoms in total. The average molecular weight is 999 g/mol. The van der Waals surface area contributed by atoms with Gasteiger partial charge in [0.1, 0.15) is 0 Å². The molecule has 0 N–H and O–H groups in total. The second-order valence-electron chi connectivity index (χ2n) is 25.1. The van der Waals surface area contributed by atoms with Crippen LogP contribution < -0.4 is 0 Å². The Kier molecular flexibility index (Phi) is 9.11. The quantitative estimate of drug-likeness (QED) is 0.282. The first kappa shape index (κ1) is 45.0. The van der Waals surface area contributed by atoms with Crippen LogP contribution in [0.25, 0.3) is 16.7 Å². The van der Waals surface area contributed by atoms with Crippen molar-refractivity contribution in [1.82, 2.24) is 0 Å². The van der Waals surface area contributed by atoms with E-state index >= 15 is 0 Å². The van der Waals surface area contributed by atoms with E-state index in [1.54, 1.807) is 0 Å². The van der Waals surface area contributed by atoms with Crippen LogP contribution in [0.2, 0.25) is 0 Å². The first-order valence-electron chi connectivity index (χ1n) is 28.9. The van der Waals surface area contributed by atoms with Crippen LogP contribution in [0.5, 0.6) is 0 Å². The summed E-state index contributed by atoms with van der Waals surface area (Å²) in [6, 6.07) is 5.47. The Morgan fingerprint density at radius 1 is 0.385 bits per heavy atom. The molecule has 0 heteroatoms. The summed E-state index contributed by atoms with van der Waals surface area (Å²) in [6.07, 6.45) is 66.4. The molecule has 1 aromatic carbocycles. The van der Waals surface area contributed by atoms with Crippen molar-refractivity contribution < 1.29 is 0 Å². The zero-order valence-corrected chi connectivity index (χ0v) is 46.0. The molecule has 16 aliphatic carbocycles. The van der Waals surface area contributed by atoms with Crippen molar-refractivity contribution in [2.24, 2.45) is 29.6 Å². The zero-order valence-electron chi connectivity index (χ0n) is 46.0. The van der Waals surface area contributed by atoms with Crippen molar-refractivity contribution in [3.05, 3.63) is 343 Å². The van der Waals surface area contributed by atoms with Gasteiger partial charge in [-0.1, -0.05) is 187 Å². The normalized spacial score (nSPS) is 29.5. The van der Waals surface area contributed by atoms with Crippen LogP contribution in [-0.4, -0.2) is 0 Å². The maximum Gasteiger partial charge on any atom is 0.0357 e. The SMILES string of the molecule is CC1=CC2=CC=C3C4=C(C=CC(=C1)C24)C(c1cc(C2=C4C=CC5=C6C(=CC=C(C(C)=C2)C46)CC(C)=C5)c(C2=CC(C)=C4C=CC5=C6C(=CC=C2C46)CC(C)=C5)cc1C1C=C(C)C2=C4C1=CC=C1C=C(C)C=C(C=C2)C14)=CC3C. The molecule has 0 radical (unpaired) electrons. The van der Waals surface area contributed by atoms with E-state index in [0.29, 0.717) is 0 Å². The monoisotopic (exact) mass is 998 g/mol. The topological polar surface area (TPSA) is 0 Å². The molecular formula is C78H62. The summed E-state index contributed by atoms with van der Waals surface area (Å²) < 4.78 is 0. The van der Waals surface area contributed by atoms with Crippen molar-refractivity contribution in [2.45, 2.75) is 74.1 Å². The van der Waals surface area contributed by atoms with Gasteiger partial charge in [0, 0.05) is 35.5 Å². The van der Waals surface area contributed by atoms with E-state index in [1.165, 1.54) is 189 Å². The highest BCUT2D eigenvalue weighted by Gasteiger charge is 2.44. The van der Waals surface area contributed by atoms with Crippen LogP contribution in [0, 0.1) is 29.6 Å². The molecule has 0 aromatic heterocycles. The fourth-order valence-electron chi connectivity index (χ4n) is 17.0. The van der Waals surface area contributed by atoms with Gasteiger partial charge in [-0.05, 0) is 241 Å². The van der Waals surface area contributed by atoms with Gasteiger partial charge in [-0.25, -0.2) is 0 Å². The van der Waals surface area contributed by atoms with E-state index in [9.17, 15) is 0 Å². The van der Waals surface area contributed by atoms with Crippen molar-refractivity contribution in [3.8, 4) is 0 Å². The van der Waals surface area contributed by atoms with Gasteiger partial charge in [0.05, 0.1) is 0 Å². The van der Waals surface area contributed by atoms with E-state index in [-0.39, 0.29) is 35.5 Å². The molecule has 374 valence electrons. The predicted octanol–water partition coefficient (Wildman–Crippen LogP) is 19.1. The minimum absolute atomic E-state index is 0.0241. The molecule has 6 atom stereocenters. The highest BCUT2D eigenvalue weighted by atomic mass is 14.5. The van der Waals surface area contributed by atoms with Crippen molar-refractivity contribution >= 4 is 16.7 Å². The zero-order chi connectivity index (χ0) is 52.3. The number of hydrogen-bond donors (Lipinski definition) is 0. The van der Waals surface area contributed by atoms with Crippen LogP contribution in [0.15, 0.2) is 321 Å². The van der Waals surface area contributed by atoms with Gasteiger partial charge >= 0.3 is 0 Å². The van der Waals surface area contributed by atoms with Gasteiger partial charge in [-0.2, -0.15) is 0 Å². The highest BCUT2D eigenvalue weighted by molar-refractivity contribution is 6.00. The third kappa shape index (κ3) is 6.07. The Morgan fingerprint density at radius 2 is 0.987 bits per heavy atom. The van der Waals surface area contributed by atoms with Gasteiger partial charge in [0.25, 0.3) is 0 Å². The van der Waals surface area contributed by atoms with Crippen molar-refractivity contribution in [3.63, 3.8) is 0 Å². The largest absolute Gasteiger partial charge is 0.0691 e. The highest BCUT2D eigenvalue weighted by Crippen LogP contribution is 2.60. The third-order valence-electron chi connectivity index (χ3n) is 20.2. The van der Waals surface area contributed by atoms with Crippen LogP contribution in [-0.2, 0) is 0 Å². The minimum atomic E-state index is 0.0241. The van der Waals surface area contributed by atoms with Gasteiger partial charge in [-0.15, -0.1) is 0 Å². The van der Waals surface area contributed by atoms with E-state index < -0.39 is 0 Å². The standard InChI is InChI=1S/C78H62/c1-39-25-47-9-17-55-43(5)33-63(59-21-13-51(29-39)71(47)75(55)59)67-37-69(65-35-45(7)57-19-11-49-27-41(3)31-53-15-23-61(65)77(57)73(49)53)70(66-36-46(8)58-20-12-50-28-42(4)32-54-16-24-62(66)78(58)74(50)54)38-68(67)64-34-44(6)56-18-10-48-26-40(2)30-52-14-22-60(64)76(56)72(48)52/h9-27,29-30,32-38,44,63,71-72,77-78H,28,31H2,1-8H3. The molecule has 16 aliphatic rings. The number of hydrogen-bond acceptors (Lipinski definition) is 0. The molecule has 0 saturated heterocycles. The third-order valence-corrected chi connectivity index (χ3v) is 20.2. The Labute approximate surface area is 460 Å². The van der Waals surface area contributed by atoms with E-state index in [1.807, 2.05) is 0 Å². The Balaban J connectivity index is 0.975. The molecule has 0 heterocycles. The molecule has 1 aromatic rings. The molecule has 0 aliphatic heterocycles. The van der Waals surface area contributed by atoms with E-state index in [4.69, 9.17) is 0 Å². The molecule has 0 bridgehead atoms. The second-order valence-corrected chi connectivity index (χ2v) is 25.1. The molecule has 17 rings (SSSR count). The summed E-state index contributed by atoms with van der Waals surface area (Å²) >= 11 is 0. The Morgan fingerprint density at radius 3 is 1.68 bits per heavy atom. The molecule has 0 amide bonds. The number of allylic oxidation sites excluding steroid dienone is 56. The summed E-state index contributed by atoms with van der Waals surface area (Å²) in [5.41, 5.74) is 48.0. The molecular weight excluding hydrogens is 937 g/mol. The maximum absolute atomic E-state index is 2.74. The van der Waals surface area contributed by atoms with E-state index in [2.05, 4.69) is 225 Å². The minimum Gasteiger partial charge on any atom is -0.0691 e. The fourth-order valence-corrected chi connectivity index (χ4v) is 17.0. The molecule has 0 spiro atoms. The fraction of sp³-hybridized carbons (Fsp3) is 0.205. The lowest BCUT2D eigenvalue weighted by Gasteiger charge is -2.42. The first-order valence-corrected chi connectivity index (χ1v) is 28.9. The smallest absolute Gasteiger partial charge is 0.0357 e. The summed E-state index contributed by atoms with van der Waals surface area (Å²) in [7, 11) is 0. The number of rotatable bonds is 4. The lowest BCUT2D eigenvalue weighted by atomic mass is 9.61. The molecule has 0 saturated carbocycles. The summed E-state index contributed by atoms with van der Waals surface area (Å²) in [5.74, 6) is 1.12. The lowest BCUT2D eigenvalue weighted by molar-refractivity contribution is 0.760. The predicted molar refractivity (Wildman–Crippen MR) is 325 cm³/mol. The molecule has 0 fully saturated rings. The maximum atomic E-state index is 2.74. The van der Waals surface area contributed by atoms with Crippen LogP contribution >= 0.6 is 0 Å². The van der Waals surface area contributed by atoms with E-state index in [0.717, 1.165) is 12.8 Å². The average Bonchev–Trinajstić information content (AvgIpc) is 3.60. The van der Waals surface area contributed by atoms with Gasteiger partial charge in [0.15, 0.2) is 0 Å². The van der Waals surface area contributed by atoms with Crippen molar-refractivity contribution in [2.75, 3.05) is 0 Å². The molecule has 6 unspecified atom stereocenters. The molecule has 78 heavy (non-hydrogen) atoms. The first-order chi connectivity index (χ1) is 37.9. The summed E-state index contributed by atoms with van der Waals surface area (Å²) in [6.45, 7) is 18.7. The Bertz CT molecular complexity index is 4320. The second kappa shape index (κ2) is 15.8. The summed E-state index contributed by atoms with van der Waals surface area (Å²) in [5, 5.41) is 0. The Hall–Kier alpha value is -8.06. The lowest BCUT2D eigenvalue weighted by Crippen LogP contribution is -2.27. The van der Waals surface area contributed by atoms with Crippen LogP contribution in [0.3, 0.4) is 0 Å². The van der Waals surface area contributed by atoms with Crippen LogP contribution in [0.4, 0.5) is 0 Å². The van der Waals surface area contributed by atoms with Crippen molar-refractivity contribution in [1.29, 1.82) is 0 Å². The van der Waals surface area contributed by atoms with Crippen LogP contribution in [0.1, 0.15) is 96.4 Å². The number of benzene rings is 1. The van der Waals surface area contributed by atoms with Gasteiger partial charge < -0.3 is 0 Å².